The van der Waals surface area contributed by atoms with Gasteiger partial charge in [-0.05, 0) is 66.4 Å². The van der Waals surface area contributed by atoms with Gasteiger partial charge in [0, 0.05) is 29.1 Å². The number of carboxylic acid groups (broad SMARTS) is 1. The average molecular weight is 426 g/mol. The zero-order valence-electron chi connectivity index (χ0n) is 17.4. The summed E-state index contributed by atoms with van der Waals surface area (Å²) in [5.41, 5.74) is 10.5. The summed E-state index contributed by atoms with van der Waals surface area (Å²) in [6.07, 6.45) is 3.58. The van der Waals surface area contributed by atoms with Gasteiger partial charge in [-0.1, -0.05) is 18.0 Å². The molecule has 9 heteroatoms. The highest BCUT2D eigenvalue weighted by molar-refractivity contribution is 5.90. The van der Waals surface area contributed by atoms with E-state index in [0.717, 1.165) is 24.8 Å². The van der Waals surface area contributed by atoms with Gasteiger partial charge in [-0.15, -0.1) is 0 Å². The molecule has 2 aromatic rings. The van der Waals surface area contributed by atoms with Crippen molar-refractivity contribution in [3.63, 3.8) is 0 Å². The number of ether oxygens (including phenoxy) is 2. The van der Waals surface area contributed by atoms with Gasteiger partial charge >= 0.3 is 5.97 Å². The molecule has 0 radical (unpaired) electrons. The molecular weight excluding hydrogens is 400 g/mol. The third kappa shape index (κ3) is 9.10. The second-order valence-electron chi connectivity index (χ2n) is 6.90. The fourth-order valence-corrected chi connectivity index (χ4v) is 2.89. The first-order chi connectivity index (χ1) is 15.0. The van der Waals surface area contributed by atoms with E-state index in [-0.39, 0.29) is 18.9 Å². The molecule has 164 valence electrons. The standard InChI is InChI=1S/C22H26N4O5/c1-30-20-13-16(12-18(14-20)25-26-23)15-31-19-10-8-17(9-11-19)24-21(27)6-4-2-3-5-7-22(28)29/h8-14H,2-7,15H2,1H3,(H,24,27)(H,28,29). The van der Waals surface area contributed by atoms with Gasteiger partial charge in [0.15, 0.2) is 0 Å². The van der Waals surface area contributed by atoms with Crippen LogP contribution in [-0.2, 0) is 16.2 Å². The normalized spacial score (nSPS) is 10.1. The number of anilines is 1. The van der Waals surface area contributed by atoms with Gasteiger partial charge in [-0.3, -0.25) is 9.59 Å². The Hall–Kier alpha value is -3.71. The van der Waals surface area contributed by atoms with Crippen LogP contribution in [0.15, 0.2) is 47.6 Å². The third-order valence-corrected chi connectivity index (χ3v) is 4.44. The quantitative estimate of drug-likeness (QED) is 0.187. The Morgan fingerprint density at radius 3 is 2.39 bits per heavy atom. The van der Waals surface area contributed by atoms with Crippen molar-refractivity contribution in [3.8, 4) is 11.5 Å². The predicted molar refractivity (Wildman–Crippen MR) is 117 cm³/mol. The number of amides is 1. The first kappa shape index (κ1) is 23.6. The Morgan fingerprint density at radius 1 is 1.03 bits per heavy atom. The Kier molecular flexibility index (Phi) is 9.71. The maximum Gasteiger partial charge on any atom is 0.303 e. The van der Waals surface area contributed by atoms with E-state index in [9.17, 15) is 9.59 Å². The molecule has 0 atom stereocenters. The van der Waals surface area contributed by atoms with Crippen LogP contribution >= 0.6 is 0 Å². The summed E-state index contributed by atoms with van der Waals surface area (Å²) in [5, 5.41) is 15.0. The van der Waals surface area contributed by atoms with Crippen molar-refractivity contribution in [2.75, 3.05) is 12.4 Å². The van der Waals surface area contributed by atoms with Crippen molar-refractivity contribution in [2.24, 2.45) is 5.11 Å². The molecule has 0 saturated heterocycles. The number of methoxy groups -OCH3 is 1. The summed E-state index contributed by atoms with van der Waals surface area (Å²) >= 11 is 0. The number of nitrogens with one attached hydrogen (secondary N) is 1. The van der Waals surface area contributed by atoms with Crippen LogP contribution in [0.1, 0.15) is 44.1 Å². The van der Waals surface area contributed by atoms with E-state index in [1.807, 2.05) is 0 Å². The van der Waals surface area contributed by atoms with E-state index < -0.39 is 5.97 Å². The maximum atomic E-state index is 12.0. The molecule has 9 nitrogen and oxygen atoms in total. The first-order valence-electron chi connectivity index (χ1n) is 9.97. The molecule has 0 aliphatic carbocycles. The largest absolute Gasteiger partial charge is 0.497 e. The summed E-state index contributed by atoms with van der Waals surface area (Å²) in [6, 6.07) is 12.2. The SMILES string of the molecule is COc1cc(COc2ccc(NC(=O)CCCCCCC(=O)O)cc2)cc(N=[N+]=[N-])c1. The number of aliphatic carboxylic acids is 1. The van der Waals surface area contributed by atoms with E-state index in [1.165, 1.54) is 7.11 Å². The van der Waals surface area contributed by atoms with Gasteiger partial charge in [0.25, 0.3) is 0 Å². The number of rotatable bonds is 13. The lowest BCUT2D eigenvalue weighted by Crippen LogP contribution is -2.11. The number of hydrogen-bond donors (Lipinski definition) is 2. The van der Waals surface area contributed by atoms with E-state index >= 15 is 0 Å². The third-order valence-electron chi connectivity index (χ3n) is 4.44. The van der Waals surface area contributed by atoms with Crippen molar-refractivity contribution >= 4 is 23.3 Å². The summed E-state index contributed by atoms with van der Waals surface area (Å²) in [7, 11) is 1.53. The number of nitrogens with zero attached hydrogens (tertiary/aromatic N) is 3. The van der Waals surface area contributed by atoms with Gasteiger partial charge in [0.2, 0.25) is 5.91 Å². The van der Waals surface area contributed by atoms with E-state index in [0.29, 0.717) is 35.7 Å². The summed E-state index contributed by atoms with van der Waals surface area (Å²) < 4.78 is 11.0. The highest BCUT2D eigenvalue weighted by atomic mass is 16.5. The van der Waals surface area contributed by atoms with Crippen LogP contribution < -0.4 is 14.8 Å². The Labute approximate surface area is 180 Å². The van der Waals surface area contributed by atoms with Crippen molar-refractivity contribution < 1.29 is 24.2 Å². The Balaban J connectivity index is 1.78. The molecule has 0 spiro atoms. The van der Waals surface area contributed by atoms with Crippen LogP contribution in [0, 0.1) is 0 Å². The lowest BCUT2D eigenvalue weighted by Gasteiger charge is -2.10. The molecule has 1 amide bonds. The monoisotopic (exact) mass is 426 g/mol. The molecule has 0 fully saturated rings. The number of unbranched alkanes of at least 4 members (excludes halogenated alkanes) is 3. The molecular formula is C22H26N4O5. The topological polar surface area (TPSA) is 134 Å². The molecule has 0 heterocycles. The molecule has 2 aromatic carbocycles. The van der Waals surface area contributed by atoms with Gasteiger partial charge < -0.3 is 19.9 Å². The highest BCUT2D eigenvalue weighted by Gasteiger charge is 2.05. The van der Waals surface area contributed by atoms with Crippen LogP contribution in [-0.4, -0.2) is 24.1 Å². The smallest absolute Gasteiger partial charge is 0.303 e. The predicted octanol–water partition coefficient (Wildman–Crippen LogP) is 5.58. The molecule has 0 saturated carbocycles. The zero-order valence-corrected chi connectivity index (χ0v) is 17.4. The summed E-state index contributed by atoms with van der Waals surface area (Å²) in [5.74, 6) is 0.341. The van der Waals surface area contributed by atoms with Crippen LogP contribution in [0.25, 0.3) is 10.4 Å². The van der Waals surface area contributed by atoms with E-state index in [4.69, 9.17) is 20.1 Å². The maximum absolute atomic E-state index is 12.0. The molecule has 0 aliphatic heterocycles. The minimum absolute atomic E-state index is 0.0751. The summed E-state index contributed by atoms with van der Waals surface area (Å²) in [6.45, 7) is 0.263. The van der Waals surface area contributed by atoms with E-state index in [2.05, 4.69) is 15.3 Å². The van der Waals surface area contributed by atoms with E-state index in [1.54, 1.807) is 42.5 Å². The molecule has 31 heavy (non-hydrogen) atoms. The van der Waals surface area contributed by atoms with Crippen molar-refractivity contribution in [1.29, 1.82) is 0 Å². The minimum atomic E-state index is -0.786. The fraction of sp³-hybridized carbons (Fsp3) is 0.364. The van der Waals surface area contributed by atoms with Crippen molar-refractivity contribution in [3.05, 3.63) is 58.5 Å². The van der Waals surface area contributed by atoms with Crippen LogP contribution in [0.4, 0.5) is 11.4 Å². The minimum Gasteiger partial charge on any atom is -0.497 e. The number of carbonyl (C=O) groups excluding carboxylic acids is 1. The number of hydrogen-bond acceptors (Lipinski definition) is 5. The lowest BCUT2D eigenvalue weighted by atomic mass is 10.1. The van der Waals surface area contributed by atoms with Gasteiger partial charge in [-0.25, -0.2) is 0 Å². The molecule has 0 bridgehead atoms. The van der Waals surface area contributed by atoms with Gasteiger partial charge in [-0.2, -0.15) is 0 Å². The van der Waals surface area contributed by atoms with Crippen LogP contribution in [0.3, 0.4) is 0 Å². The second-order valence-corrected chi connectivity index (χ2v) is 6.90. The highest BCUT2D eigenvalue weighted by Crippen LogP contribution is 2.25. The van der Waals surface area contributed by atoms with Crippen molar-refractivity contribution in [1.82, 2.24) is 0 Å². The Morgan fingerprint density at radius 2 is 1.74 bits per heavy atom. The zero-order chi connectivity index (χ0) is 22.5. The molecule has 2 rings (SSSR count). The van der Waals surface area contributed by atoms with Crippen LogP contribution in [0.2, 0.25) is 0 Å². The number of benzene rings is 2. The molecule has 0 aromatic heterocycles. The fourth-order valence-electron chi connectivity index (χ4n) is 2.89. The van der Waals surface area contributed by atoms with Crippen molar-refractivity contribution in [2.45, 2.75) is 45.1 Å². The average Bonchev–Trinajstić information content (AvgIpc) is 2.75. The molecule has 2 N–H and O–H groups in total. The summed E-state index contributed by atoms with van der Waals surface area (Å²) in [4.78, 5) is 25.2. The van der Waals surface area contributed by atoms with Gasteiger partial charge in [0.05, 0.1) is 7.11 Å². The van der Waals surface area contributed by atoms with Crippen LogP contribution in [0.5, 0.6) is 11.5 Å². The number of carboxylic acids is 1. The second kappa shape index (κ2) is 12.8. The Bertz CT molecular complexity index is 924. The number of azide groups is 1. The lowest BCUT2D eigenvalue weighted by molar-refractivity contribution is -0.137. The number of carbonyl (C=O) groups is 2. The molecule has 0 unspecified atom stereocenters. The van der Waals surface area contributed by atoms with Gasteiger partial charge in [0.1, 0.15) is 18.1 Å². The first-order valence-corrected chi connectivity index (χ1v) is 9.97. The molecule has 0 aliphatic rings.